The highest BCUT2D eigenvalue weighted by molar-refractivity contribution is 7.92. The van der Waals surface area contributed by atoms with Gasteiger partial charge in [-0.3, -0.25) is 13.9 Å². The number of carbonyl (C=O) groups excluding carboxylic acids is 2. The Kier molecular flexibility index (Phi) is 9.92. The third-order valence-electron chi connectivity index (χ3n) is 6.43. The molecular weight excluding hydrogens is 510 g/mol. The van der Waals surface area contributed by atoms with Crippen LogP contribution in [0.25, 0.3) is 0 Å². The Bertz CT molecular complexity index is 1400. The van der Waals surface area contributed by atoms with Gasteiger partial charge >= 0.3 is 0 Å². The zero-order valence-electron chi connectivity index (χ0n) is 23.6. The van der Waals surface area contributed by atoms with E-state index in [9.17, 15) is 18.0 Å². The minimum Gasteiger partial charge on any atom is -0.352 e. The van der Waals surface area contributed by atoms with Crippen LogP contribution >= 0.6 is 0 Å². The number of nitrogens with zero attached hydrogens (tertiary/aromatic N) is 2. The maximum absolute atomic E-state index is 14.1. The van der Waals surface area contributed by atoms with Crippen molar-refractivity contribution in [1.29, 1.82) is 0 Å². The van der Waals surface area contributed by atoms with Crippen molar-refractivity contribution in [1.82, 2.24) is 10.2 Å². The molecule has 39 heavy (non-hydrogen) atoms. The molecule has 3 rings (SSSR count). The summed E-state index contributed by atoms with van der Waals surface area (Å²) in [7, 11) is -4.08. The molecule has 0 saturated carbocycles. The first-order valence-corrected chi connectivity index (χ1v) is 14.7. The largest absolute Gasteiger partial charge is 0.352 e. The molecule has 2 amide bonds. The standard InChI is InChI=1S/C31H39N3O4S/c1-7-29(31(36)32-22(2)3)33(20-26-12-8-10-24(5)18-26)30(35)21-34(27-13-9-11-25(6)19-27)39(37,38)28-16-14-23(4)15-17-28/h8-19,22,29H,7,20-21H2,1-6H3,(H,32,36)/t29-/m1/s1. The van der Waals surface area contributed by atoms with E-state index in [0.717, 1.165) is 26.6 Å². The summed E-state index contributed by atoms with van der Waals surface area (Å²) in [6.07, 6.45) is 0.380. The molecule has 1 N–H and O–H groups in total. The highest BCUT2D eigenvalue weighted by Crippen LogP contribution is 2.26. The number of amides is 2. The van der Waals surface area contributed by atoms with Gasteiger partial charge in [0.15, 0.2) is 0 Å². The van der Waals surface area contributed by atoms with Crippen molar-refractivity contribution in [2.45, 2.75) is 71.5 Å². The van der Waals surface area contributed by atoms with Gasteiger partial charge in [0.05, 0.1) is 10.6 Å². The molecule has 3 aromatic rings. The minimum absolute atomic E-state index is 0.0947. The van der Waals surface area contributed by atoms with Crippen LogP contribution in [0.5, 0.6) is 0 Å². The normalized spacial score (nSPS) is 12.2. The number of benzene rings is 3. The Morgan fingerprint density at radius 2 is 1.46 bits per heavy atom. The fourth-order valence-electron chi connectivity index (χ4n) is 4.46. The average Bonchev–Trinajstić information content (AvgIpc) is 2.86. The van der Waals surface area contributed by atoms with Crippen LogP contribution < -0.4 is 9.62 Å². The summed E-state index contributed by atoms with van der Waals surface area (Å²) in [6.45, 7) is 11.0. The summed E-state index contributed by atoms with van der Waals surface area (Å²) in [6, 6.07) is 20.5. The van der Waals surface area contributed by atoms with Gasteiger partial charge in [0.1, 0.15) is 12.6 Å². The monoisotopic (exact) mass is 549 g/mol. The van der Waals surface area contributed by atoms with Gasteiger partial charge in [-0.25, -0.2) is 8.42 Å². The lowest BCUT2D eigenvalue weighted by Gasteiger charge is -2.33. The molecule has 0 spiro atoms. The Morgan fingerprint density at radius 3 is 2.03 bits per heavy atom. The van der Waals surface area contributed by atoms with Crippen molar-refractivity contribution in [3.8, 4) is 0 Å². The van der Waals surface area contributed by atoms with Crippen molar-refractivity contribution in [2.24, 2.45) is 0 Å². The Balaban J connectivity index is 2.07. The summed E-state index contributed by atoms with van der Waals surface area (Å²) in [4.78, 5) is 28.9. The summed E-state index contributed by atoms with van der Waals surface area (Å²) >= 11 is 0. The zero-order chi connectivity index (χ0) is 28.7. The van der Waals surface area contributed by atoms with E-state index in [1.165, 1.54) is 4.90 Å². The topological polar surface area (TPSA) is 86.8 Å². The van der Waals surface area contributed by atoms with Crippen molar-refractivity contribution in [3.05, 3.63) is 95.1 Å². The van der Waals surface area contributed by atoms with Gasteiger partial charge in [-0.2, -0.15) is 0 Å². The van der Waals surface area contributed by atoms with Crippen molar-refractivity contribution in [2.75, 3.05) is 10.8 Å². The van der Waals surface area contributed by atoms with E-state index < -0.39 is 28.5 Å². The van der Waals surface area contributed by atoms with E-state index in [-0.39, 0.29) is 23.4 Å². The average molecular weight is 550 g/mol. The SMILES string of the molecule is CC[C@H](C(=O)NC(C)C)N(Cc1cccc(C)c1)C(=O)CN(c1cccc(C)c1)S(=O)(=O)c1ccc(C)cc1. The first-order valence-electron chi connectivity index (χ1n) is 13.2. The Hall–Kier alpha value is -3.65. The van der Waals surface area contributed by atoms with Gasteiger partial charge in [-0.05, 0) is 76.4 Å². The first-order chi connectivity index (χ1) is 18.4. The summed E-state index contributed by atoms with van der Waals surface area (Å²) in [5.41, 5.74) is 4.08. The quantitative estimate of drug-likeness (QED) is 0.359. The third kappa shape index (κ3) is 7.69. The maximum Gasteiger partial charge on any atom is 0.264 e. The van der Waals surface area contributed by atoms with Crippen LogP contribution in [-0.2, 0) is 26.2 Å². The van der Waals surface area contributed by atoms with Crippen LogP contribution in [-0.4, -0.2) is 43.8 Å². The molecule has 8 heteroatoms. The predicted molar refractivity (Wildman–Crippen MR) is 156 cm³/mol. The molecule has 3 aromatic carbocycles. The molecule has 208 valence electrons. The summed E-state index contributed by atoms with van der Waals surface area (Å²) in [5, 5.41) is 2.92. The smallest absolute Gasteiger partial charge is 0.264 e. The summed E-state index contributed by atoms with van der Waals surface area (Å²) < 4.78 is 29.0. The predicted octanol–water partition coefficient (Wildman–Crippen LogP) is 5.14. The lowest BCUT2D eigenvalue weighted by Crippen LogP contribution is -2.53. The second-order valence-electron chi connectivity index (χ2n) is 10.3. The van der Waals surface area contributed by atoms with E-state index >= 15 is 0 Å². The molecule has 0 unspecified atom stereocenters. The molecule has 1 atom stereocenters. The third-order valence-corrected chi connectivity index (χ3v) is 8.22. The van der Waals surface area contributed by atoms with Gasteiger partial charge < -0.3 is 10.2 Å². The van der Waals surface area contributed by atoms with Gasteiger partial charge in [0.2, 0.25) is 11.8 Å². The second kappa shape index (κ2) is 12.9. The molecule has 0 aliphatic rings. The Labute approximate surface area is 232 Å². The number of rotatable bonds is 11. The fraction of sp³-hybridized carbons (Fsp3) is 0.355. The second-order valence-corrected chi connectivity index (χ2v) is 12.1. The number of sulfonamides is 1. The molecule has 0 aliphatic heterocycles. The van der Waals surface area contributed by atoms with Crippen LogP contribution in [0.4, 0.5) is 5.69 Å². The number of hydrogen-bond donors (Lipinski definition) is 1. The van der Waals surface area contributed by atoms with Gasteiger partial charge in [0.25, 0.3) is 10.0 Å². The molecule has 0 aromatic heterocycles. The van der Waals surface area contributed by atoms with Gasteiger partial charge in [-0.15, -0.1) is 0 Å². The molecule has 0 aliphatic carbocycles. The van der Waals surface area contributed by atoms with Crippen LogP contribution in [0.2, 0.25) is 0 Å². The first kappa shape index (κ1) is 29.9. The maximum atomic E-state index is 14.1. The van der Waals surface area contributed by atoms with E-state index in [1.807, 2.05) is 71.9 Å². The molecule has 0 saturated heterocycles. The number of anilines is 1. The van der Waals surface area contributed by atoms with E-state index in [1.54, 1.807) is 42.5 Å². The molecule has 0 heterocycles. The minimum atomic E-state index is -4.08. The van der Waals surface area contributed by atoms with Crippen molar-refractivity contribution in [3.63, 3.8) is 0 Å². The van der Waals surface area contributed by atoms with E-state index in [2.05, 4.69) is 5.32 Å². The molecule has 0 bridgehead atoms. The number of aryl methyl sites for hydroxylation is 3. The molecule has 7 nitrogen and oxygen atoms in total. The number of nitrogens with one attached hydrogen (secondary N) is 1. The zero-order valence-corrected chi connectivity index (χ0v) is 24.5. The van der Waals surface area contributed by atoms with Gasteiger partial charge in [-0.1, -0.05) is 66.6 Å². The Morgan fingerprint density at radius 1 is 0.846 bits per heavy atom. The fourth-order valence-corrected chi connectivity index (χ4v) is 5.86. The van der Waals surface area contributed by atoms with E-state index in [0.29, 0.717) is 12.1 Å². The molecule has 0 radical (unpaired) electrons. The highest BCUT2D eigenvalue weighted by atomic mass is 32.2. The molecular formula is C31H39N3O4S. The van der Waals surface area contributed by atoms with E-state index in [4.69, 9.17) is 0 Å². The van der Waals surface area contributed by atoms with Crippen molar-refractivity contribution < 1.29 is 18.0 Å². The lowest BCUT2D eigenvalue weighted by atomic mass is 10.1. The van der Waals surface area contributed by atoms with Crippen LogP contribution in [0.3, 0.4) is 0 Å². The van der Waals surface area contributed by atoms with Crippen LogP contribution in [0.1, 0.15) is 49.4 Å². The number of hydrogen-bond acceptors (Lipinski definition) is 4. The summed E-state index contributed by atoms with van der Waals surface area (Å²) in [5.74, 6) is -0.726. The lowest BCUT2D eigenvalue weighted by molar-refractivity contribution is -0.140. The van der Waals surface area contributed by atoms with Crippen molar-refractivity contribution >= 4 is 27.5 Å². The number of carbonyl (C=O) groups is 2. The highest BCUT2D eigenvalue weighted by Gasteiger charge is 2.33. The van der Waals surface area contributed by atoms with Crippen LogP contribution in [0, 0.1) is 20.8 Å². The van der Waals surface area contributed by atoms with Crippen LogP contribution in [0.15, 0.2) is 77.7 Å². The van der Waals surface area contributed by atoms with Gasteiger partial charge in [0, 0.05) is 12.6 Å². The molecule has 0 fully saturated rings.